The summed E-state index contributed by atoms with van der Waals surface area (Å²) in [5.74, 6) is -0.398. The normalized spacial score (nSPS) is 12.4. The average Bonchev–Trinajstić information content (AvgIpc) is 2.41. The van der Waals surface area contributed by atoms with Gasteiger partial charge in [-0.1, -0.05) is 18.2 Å². The molecule has 1 rings (SSSR count). The van der Waals surface area contributed by atoms with E-state index < -0.39 is 23.7 Å². The van der Waals surface area contributed by atoms with Crippen LogP contribution in [0.5, 0.6) is 5.75 Å². The average molecular weight is 309 g/mol. The maximum absolute atomic E-state index is 11.7. The lowest BCUT2D eigenvalue weighted by molar-refractivity contribution is -0.139. The highest BCUT2D eigenvalue weighted by molar-refractivity contribution is 5.80. The van der Waals surface area contributed by atoms with Gasteiger partial charge in [-0.2, -0.15) is 0 Å². The summed E-state index contributed by atoms with van der Waals surface area (Å²) in [4.78, 5) is 23.0. The number of rotatable bonds is 6. The molecule has 1 aromatic rings. The first-order chi connectivity index (χ1) is 10.2. The maximum atomic E-state index is 11.7. The lowest BCUT2D eigenvalue weighted by Gasteiger charge is -2.22. The Morgan fingerprint density at radius 3 is 2.45 bits per heavy atom. The molecule has 1 atom stereocenters. The molecule has 6 heteroatoms. The minimum atomic E-state index is -1.10. The van der Waals surface area contributed by atoms with Crippen LogP contribution >= 0.6 is 0 Å². The summed E-state index contributed by atoms with van der Waals surface area (Å²) in [5, 5.41) is 11.6. The van der Waals surface area contributed by atoms with Gasteiger partial charge in [0.05, 0.1) is 7.11 Å². The number of aryl methyl sites for hydroxylation is 1. The fraction of sp³-hybridized carbons (Fsp3) is 0.500. The molecule has 0 aliphatic carbocycles. The van der Waals surface area contributed by atoms with Crippen LogP contribution in [0.2, 0.25) is 0 Å². The van der Waals surface area contributed by atoms with Crippen LogP contribution in [0.15, 0.2) is 24.3 Å². The summed E-state index contributed by atoms with van der Waals surface area (Å²) in [7, 11) is 1.56. The van der Waals surface area contributed by atoms with Gasteiger partial charge in [-0.25, -0.2) is 9.59 Å². The van der Waals surface area contributed by atoms with E-state index in [1.54, 1.807) is 27.9 Å². The van der Waals surface area contributed by atoms with Crippen molar-refractivity contribution in [2.75, 3.05) is 7.11 Å². The van der Waals surface area contributed by atoms with E-state index >= 15 is 0 Å². The van der Waals surface area contributed by atoms with Crippen molar-refractivity contribution in [1.29, 1.82) is 0 Å². The van der Waals surface area contributed by atoms with Crippen molar-refractivity contribution in [3.63, 3.8) is 0 Å². The molecule has 0 saturated heterocycles. The molecule has 0 spiro atoms. The van der Waals surface area contributed by atoms with Gasteiger partial charge in [0.25, 0.3) is 0 Å². The van der Waals surface area contributed by atoms with E-state index in [-0.39, 0.29) is 6.42 Å². The van der Waals surface area contributed by atoms with Crippen molar-refractivity contribution in [2.24, 2.45) is 0 Å². The van der Waals surface area contributed by atoms with Crippen molar-refractivity contribution >= 4 is 12.1 Å². The molecule has 0 radical (unpaired) electrons. The van der Waals surface area contributed by atoms with E-state index in [1.807, 2.05) is 24.3 Å². The summed E-state index contributed by atoms with van der Waals surface area (Å²) >= 11 is 0. The predicted octanol–water partition coefficient (Wildman–Crippen LogP) is 2.61. The van der Waals surface area contributed by atoms with E-state index in [2.05, 4.69) is 5.32 Å². The number of amides is 1. The lowest BCUT2D eigenvalue weighted by Crippen LogP contribution is -2.43. The molecule has 0 aliphatic heterocycles. The van der Waals surface area contributed by atoms with E-state index in [4.69, 9.17) is 9.47 Å². The minimum Gasteiger partial charge on any atom is -0.496 e. The maximum Gasteiger partial charge on any atom is 0.408 e. The van der Waals surface area contributed by atoms with Crippen LogP contribution in [0.4, 0.5) is 4.79 Å². The Balaban J connectivity index is 2.65. The van der Waals surface area contributed by atoms with Crippen LogP contribution in [-0.4, -0.2) is 35.9 Å². The Kier molecular flexibility index (Phi) is 6.22. The summed E-state index contributed by atoms with van der Waals surface area (Å²) < 4.78 is 10.3. The molecule has 0 heterocycles. The number of methoxy groups -OCH3 is 1. The number of carbonyl (C=O) groups is 2. The second-order valence-electron chi connectivity index (χ2n) is 5.89. The van der Waals surface area contributed by atoms with Gasteiger partial charge >= 0.3 is 12.1 Å². The third-order valence-electron chi connectivity index (χ3n) is 2.88. The predicted molar refractivity (Wildman–Crippen MR) is 82.1 cm³/mol. The number of nitrogens with one attached hydrogen (secondary N) is 1. The Hall–Kier alpha value is -2.24. The number of aliphatic carboxylic acids is 1. The Bertz CT molecular complexity index is 522. The van der Waals surface area contributed by atoms with E-state index in [9.17, 15) is 14.7 Å². The Labute approximate surface area is 130 Å². The van der Waals surface area contributed by atoms with Gasteiger partial charge in [0, 0.05) is 0 Å². The molecule has 0 saturated carbocycles. The van der Waals surface area contributed by atoms with Crippen LogP contribution in [-0.2, 0) is 16.0 Å². The van der Waals surface area contributed by atoms with Crippen molar-refractivity contribution in [3.05, 3.63) is 29.8 Å². The Morgan fingerprint density at radius 2 is 1.91 bits per heavy atom. The summed E-state index contributed by atoms with van der Waals surface area (Å²) in [5.41, 5.74) is 0.220. The Morgan fingerprint density at radius 1 is 1.27 bits per heavy atom. The fourth-order valence-corrected chi connectivity index (χ4v) is 1.92. The summed E-state index contributed by atoms with van der Waals surface area (Å²) in [6.07, 6.45) is -0.0222. The third kappa shape index (κ3) is 6.03. The third-order valence-corrected chi connectivity index (χ3v) is 2.88. The first kappa shape index (κ1) is 17.8. The van der Waals surface area contributed by atoms with Crippen LogP contribution < -0.4 is 10.1 Å². The smallest absolute Gasteiger partial charge is 0.408 e. The van der Waals surface area contributed by atoms with Gasteiger partial charge < -0.3 is 19.9 Å². The number of hydrogen-bond donors (Lipinski definition) is 2. The molecule has 0 aromatic heterocycles. The molecule has 1 unspecified atom stereocenters. The fourth-order valence-electron chi connectivity index (χ4n) is 1.92. The van der Waals surface area contributed by atoms with Crippen LogP contribution in [0.25, 0.3) is 0 Å². The molecular formula is C16H23NO5. The van der Waals surface area contributed by atoms with Crippen LogP contribution in [0.3, 0.4) is 0 Å². The topological polar surface area (TPSA) is 84.9 Å². The monoisotopic (exact) mass is 309 g/mol. The zero-order valence-electron chi connectivity index (χ0n) is 13.4. The molecule has 0 fully saturated rings. The standard InChI is InChI=1S/C16H23NO5/c1-16(2,3)22-15(20)17-12(14(18)19)10-9-11-7-5-6-8-13(11)21-4/h5-8,12H,9-10H2,1-4H3,(H,17,20)(H,18,19). The number of benzene rings is 1. The molecule has 2 N–H and O–H groups in total. The number of para-hydroxylation sites is 1. The molecule has 1 amide bonds. The molecular weight excluding hydrogens is 286 g/mol. The van der Waals surface area contributed by atoms with E-state index in [1.165, 1.54) is 0 Å². The number of alkyl carbamates (subject to hydrolysis) is 1. The van der Waals surface area contributed by atoms with Gasteiger partial charge in [-0.05, 0) is 45.2 Å². The van der Waals surface area contributed by atoms with Gasteiger partial charge in [-0.3, -0.25) is 0 Å². The highest BCUT2D eigenvalue weighted by Gasteiger charge is 2.24. The van der Waals surface area contributed by atoms with Crippen molar-refractivity contribution < 1.29 is 24.2 Å². The molecule has 6 nitrogen and oxygen atoms in total. The van der Waals surface area contributed by atoms with Crippen molar-refractivity contribution in [2.45, 2.75) is 45.3 Å². The van der Waals surface area contributed by atoms with Crippen LogP contribution in [0.1, 0.15) is 32.8 Å². The molecule has 1 aromatic carbocycles. The number of carbonyl (C=O) groups excluding carboxylic acids is 1. The quantitative estimate of drug-likeness (QED) is 0.843. The lowest BCUT2D eigenvalue weighted by atomic mass is 10.0. The van der Waals surface area contributed by atoms with Gasteiger partial charge in [0.2, 0.25) is 0 Å². The van der Waals surface area contributed by atoms with E-state index in [0.717, 1.165) is 5.56 Å². The molecule has 0 bridgehead atoms. The zero-order chi connectivity index (χ0) is 16.8. The van der Waals surface area contributed by atoms with Crippen molar-refractivity contribution in [1.82, 2.24) is 5.32 Å². The zero-order valence-corrected chi connectivity index (χ0v) is 13.4. The summed E-state index contributed by atoms with van der Waals surface area (Å²) in [6, 6.07) is 6.36. The number of hydrogen-bond acceptors (Lipinski definition) is 4. The first-order valence-electron chi connectivity index (χ1n) is 7.07. The molecule has 22 heavy (non-hydrogen) atoms. The second-order valence-corrected chi connectivity index (χ2v) is 5.89. The number of carboxylic acids is 1. The van der Waals surface area contributed by atoms with E-state index in [0.29, 0.717) is 12.2 Å². The number of carboxylic acid groups (broad SMARTS) is 1. The second kappa shape index (κ2) is 7.68. The minimum absolute atomic E-state index is 0.245. The summed E-state index contributed by atoms with van der Waals surface area (Å²) in [6.45, 7) is 5.16. The first-order valence-corrected chi connectivity index (χ1v) is 7.07. The van der Waals surface area contributed by atoms with Crippen molar-refractivity contribution in [3.8, 4) is 5.75 Å². The highest BCUT2D eigenvalue weighted by Crippen LogP contribution is 2.19. The molecule has 0 aliphatic rings. The number of ether oxygens (including phenoxy) is 2. The van der Waals surface area contributed by atoms with Gasteiger partial charge in [0.15, 0.2) is 0 Å². The van der Waals surface area contributed by atoms with Crippen LogP contribution in [0, 0.1) is 0 Å². The SMILES string of the molecule is COc1ccccc1CCC(NC(=O)OC(C)(C)C)C(=O)O. The largest absolute Gasteiger partial charge is 0.496 e. The highest BCUT2D eigenvalue weighted by atomic mass is 16.6. The van der Waals surface area contributed by atoms with Gasteiger partial charge in [0.1, 0.15) is 17.4 Å². The van der Waals surface area contributed by atoms with Gasteiger partial charge in [-0.15, -0.1) is 0 Å². The molecule has 122 valence electrons.